The van der Waals surface area contributed by atoms with Crippen molar-refractivity contribution >= 4 is 62.9 Å². The van der Waals surface area contributed by atoms with E-state index in [1.807, 2.05) is 67.6 Å². The van der Waals surface area contributed by atoms with Crippen LogP contribution in [0.15, 0.2) is 112 Å². The third-order valence-electron chi connectivity index (χ3n) is 6.18. The Hall–Kier alpha value is -4.14. The fraction of sp³-hybridized carbons (Fsp3) is 0.121. The lowest BCUT2D eigenvalue weighted by atomic mass is 10.1. The van der Waals surface area contributed by atoms with Gasteiger partial charge in [-0.1, -0.05) is 77.5 Å². The minimum absolute atomic E-state index is 0.100. The SMILES string of the molecule is CCc1cccc(C)c1NC(=O)CSc1cccc(NC(=O)/C(=C\c2ccc(Br)cc2)NC(=O)c2ccccc2)c1. The molecule has 0 bridgehead atoms. The second-order valence-corrected chi connectivity index (χ2v) is 11.2. The van der Waals surface area contributed by atoms with Crippen molar-refractivity contribution < 1.29 is 14.4 Å². The Balaban J connectivity index is 1.45. The van der Waals surface area contributed by atoms with Gasteiger partial charge in [-0.15, -0.1) is 11.8 Å². The summed E-state index contributed by atoms with van der Waals surface area (Å²) < 4.78 is 0.904. The molecule has 3 N–H and O–H groups in total. The van der Waals surface area contributed by atoms with Gasteiger partial charge in [0, 0.05) is 26.3 Å². The van der Waals surface area contributed by atoms with Crippen LogP contribution in [0.5, 0.6) is 0 Å². The van der Waals surface area contributed by atoms with Gasteiger partial charge >= 0.3 is 0 Å². The molecule has 41 heavy (non-hydrogen) atoms. The van der Waals surface area contributed by atoms with E-state index in [4.69, 9.17) is 0 Å². The molecule has 0 radical (unpaired) electrons. The summed E-state index contributed by atoms with van der Waals surface area (Å²) in [6.45, 7) is 4.04. The summed E-state index contributed by atoms with van der Waals surface area (Å²) in [6, 6.07) is 29.4. The number of carbonyl (C=O) groups is 3. The van der Waals surface area contributed by atoms with Gasteiger partial charge in [0.25, 0.3) is 11.8 Å². The molecule has 0 spiro atoms. The van der Waals surface area contributed by atoms with E-state index >= 15 is 0 Å². The number of nitrogens with one attached hydrogen (secondary N) is 3. The quantitative estimate of drug-likeness (QED) is 0.126. The Bertz CT molecular complexity index is 1570. The van der Waals surface area contributed by atoms with E-state index in [0.717, 1.165) is 38.2 Å². The van der Waals surface area contributed by atoms with Crippen LogP contribution in [0, 0.1) is 6.92 Å². The zero-order valence-corrected chi connectivity index (χ0v) is 25.1. The molecule has 8 heteroatoms. The maximum absolute atomic E-state index is 13.3. The molecule has 0 atom stereocenters. The van der Waals surface area contributed by atoms with Crippen molar-refractivity contribution in [2.45, 2.75) is 25.2 Å². The van der Waals surface area contributed by atoms with E-state index in [2.05, 4.69) is 38.8 Å². The highest BCUT2D eigenvalue weighted by Crippen LogP contribution is 2.25. The average molecular weight is 629 g/mol. The number of rotatable bonds is 10. The van der Waals surface area contributed by atoms with Crippen LogP contribution in [0.1, 0.15) is 34.0 Å². The van der Waals surface area contributed by atoms with E-state index in [1.54, 1.807) is 42.5 Å². The van der Waals surface area contributed by atoms with Crippen LogP contribution in [0.4, 0.5) is 11.4 Å². The lowest BCUT2D eigenvalue weighted by Gasteiger charge is -2.13. The largest absolute Gasteiger partial charge is 0.325 e. The highest BCUT2D eigenvalue weighted by atomic mass is 79.9. The van der Waals surface area contributed by atoms with Crippen molar-refractivity contribution in [3.63, 3.8) is 0 Å². The van der Waals surface area contributed by atoms with Crippen LogP contribution in [-0.2, 0) is 16.0 Å². The number of para-hydroxylation sites is 1. The molecule has 0 saturated heterocycles. The predicted octanol–water partition coefficient (Wildman–Crippen LogP) is 7.46. The van der Waals surface area contributed by atoms with Gasteiger partial charge < -0.3 is 16.0 Å². The fourth-order valence-corrected chi connectivity index (χ4v) is 5.08. The standard InChI is InChI=1S/C33H30BrN3O3S/c1-3-24-12-7-9-22(2)31(24)37-30(38)21-41-28-14-8-13-27(20-28)35-33(40)29(19-23-15-17-26(34)18-16-23)36-32(39)25-10-5-4-6-11-25/h4-20H,3,21H2,1-2H3,(H,35,40)(H,36,39)(H,37,38)/b29-19+. The van der Waals surface area contributed by atoms with E-state index in [-0.39, 0.29) is 23.3 Å². The summed E-state index contributed by atoms with van der Waals surface area (Å²) in [6.07, 6.45) is 2.46. The molecule has 0 heterocycles. The van der Waals surface area contributed by atoms with E-state index in [9.17, 15) is 14.4 Å². The van der Waals surface area contributed by atoms with Crippen molar-refractivity contribution in [2.24, 2.45) is 0 Å². The molecule has 0 saturated carbocycles. The lowest BCUT2D eigenvalue weighted by Crippen LogP contribution is -2.30. The van der Waals surface area contributed by atoms with Crippen molar-refractivity contribution in [3.8, 4) is 0 Å². The molecule has 0 aromatic heterocycles. The van der Waals surface area contributed by atoms with Crippen LogP contribution in [0.25, 0.3) is 6.08 Å². The number of amides is 3. The molecule has 6 nitrogen and oxygen atoms in total. The van der Waals surface area contributed by atoms with Gasteiger partial charge in [0.1, 0.15) is 5.70 Å². The monoisotopic (exact) mass is 627 g/mol. The second kappa shape index (κ2) is 14.5. The Labute approximate surface area is 252 Å². The highest BCUT2D eigenvalue weighted by molar-refractivity contribution is 9.10. The number of benzene rings is 4. The molecule has 4 aromatic rings. The summed E-state index contributed by atoms with van der Waals surface area (Å²) >= 11 is 4.79. The number of aryl methyl sites for hydroxylation is 2. The summed E-state index contributed by atoms with van der Waals surface area (Å²) in [5.41, 5.74) is 4.83. The smallest absolute Gasteiger partial charge is 0.272 e. The number of thioether (sulfide) groups is 1. The first-order valence-corrected chi connectivity index (χ1v) is 14.9. The first kappa shape index (κ1) is 29.8. The van der Waals surface area contributed by atoms with Gasteiger partial charge in [-0.05, 0) is 78.6 Å². The number of hydrogen-bond acceptors (Lipinski definition) is 4. The van der Waals surface area contributed by atoms with E-state index in [0.29, 0.717) is 11.3 Å². The molecule has 0 aliphatic heterocycles. The number of anilines is 2. The minimum Gasteiger partial charge on any atom is -0.325 e. The molecule has 4 rings (SSSR count). The summed E-state index contributed by atoms with van der Waals surface area (Å²) in [5.74, 6) is -0.739. The number of halogens is 1. The average Bonchev–Trinajstić information content (AvgIpc) is 2.98. The first-order valence-electron chi connectivity index (χ1n) is 13.1. The maximum Gasteiger partial charge on any atom is 0.272 e. The first-order chi connectivity index (χ1) is 19.8. The van der Waals surface area contributed by atoms with Crippen molar-refractivity contribution in [1.29, 1.82) is 0 Å². The molecule has 4 aromatic carbocycles. The van der Waals surface area contributed by atoms with Crippen LogP contribution in [0.3, 0.4) is 0 Å². The van der Waals surface area contributed by atoms with E-state index in [1.165, 1.54) is 11.8 Å². The van der Waals surface area contributed by atoms with Crippen LogP contribution in [0.2, 0.25) is 0 Å². The van der Waals surface area contributed by atoms with Crippen LogP contribution >= 0.6 is 27.7 Å². The Kier molecular flexibility index (Phi) is 10.5. The third-order valence-corrected chi connectivity index (χ3v) is 7.70. The van der Waals surface area contributed by atoms with Crippen molar-refractivity contribution in [3.05, 3.63) is 129 Å². The van der Waals surface area contributed by atoms with Crippen LogP contribution < -0.4 is 16.0 Å². The number of carbonyl (C=O) groups excluding carboxylic acids is 3. The third kappa shape index (κ3) is 8.67. The topological polar surface area (TPSA) is 87.3 Å². The summed E-state index contributed by atoms with van der Waals surface area (Å²) in [4.78, 5) is 39.8. The zero-order chi connectivity index (χ0) is 29.2. The van der Waals surface area contributed by atoms with Gasteiger partial charge in [0.05, 0.1) is 5.75 Å². The second-order valence-electron chi connectivity index (χ2n) is 9.21. The molecule has 0 aliphatic carbocycles. The fourth-order valence-electron chi connectivity index (χ4n) is 4.06. The maximum atomic E-state index is 13.3. The molecular formula is C33H30BrN3O3S. The highest BCUT2D eigenvalue weighted by Gasteiger charge is 2.16. The predicted molar refractivity (Wildman–Crippen MR) is 171 cm³/mol. The van der Waals surface area contributed by atoms with Gasteiger partial charge in [-0.2, -0.15) is 0 Å². The van der Waals surface area contributed by atoms with Gasteiger partial charge in [0.15, 0.2) is 0 Å². The molecule has 0 fully saturated rings. The zero-order valence-electron chi connectivity index (χ0n) is 22.7. The molecule has 0 unspecified atom stereocenters. The Morgan fingerprint density at radius 2 is 1.59 bits per heavy atom. The Morgan fingerprint density at radius 3 is 2.32 bits per heavy atom. The molecular weight excluding hydrogens is 598 g/mol. The minimum atomic E-state index is -0.469. The van der Waals surface area contributed by atoms with Gasteiger partial charge in [-0.25, -0.2) is 0 Å². The normalized spacial score (nSPS) is 11.0. The molecule has 208 valence electrons. The van der Waals surface area contributed by atoms with Crippen molar-refractivity contribution in [2.75, 3.05) is 16.4 Å². The Morgan fingerprint density at radius 1 is 0.854 bits per heavy atom. The molecule has 0 aliphatic rings. The summed E-state index contributed by atoms with van der Waals surface area (Å²) in [7, 11) is 0. The number of hydrogen-bond donors (Lipinski definition) is 3. The lowest BCUT2D eigenvalue weighted by molar-refractivity contribution is -0.114. The van der Waals surface area contributed by atoms with Crippen molar-refractivity contribution in [1.82, 2.24) is 5.32 Å². The van der Waals surface area contributed by atoms with Gasteiger partial charge in [0.2, 0.25) is 5.91 Å². The van der Waals surface area contributed by atoms with Gasteiger partial charge in [-0.3, -0.25) is 14.4 Å². The van der Waals surface area contributed by atoms with E-state index < -0.39 is 5.91 Å². The van der Waals surface area contributed by atoms with Crippen LogP contribution in [-0.4, -0.2) is 23.5 Å². The molecule has 3 amide bonds. The summed E-state index contributed by atoms with van der Waals surface area (Å²) in [5, 5.41) is 8.66.